The molecule has 9 nitrogen and oxygen atoms in total. The van der Waals surface area contributed by atoms with Crippen molar-refractivity contribution in [3.63, 3.8) is 0 Å². The lowest BCUT2D eigenvalue weighted by Crippen LogP contribution is -2.42. The van der Waals surface area contributed by atoms with Crippen molar-refractivity contribution in [1.82, 2.24) is 0 Å². The smallest absolute Gasteiger partial charge is 0.345 e. The molecule has 1 aliphatic rings. The third-order valence-corrected chi connectivity index (χ3v) is 5.41. The van der Waals surface area contributed by atoms with Crippen molar-refractivity contribution < 1.29 is 14.3 Å². The molecule has 0 atom stereocenters. The van der Waals surface area contributed by atoms with E-state index < -0.39 is 6.03 Å². The van der Waals surface area contributed by atoms with E-state index in [-0.39, 0.29) is 18.3 Å². The summed E-state index contributed by atoms with van der Waals surface area (Å²) in [6, 6.07) is 20.4. The Labute approximate surface area is 201 Å². The van der Waals surface area contributed by atoms with Gasteiger partial charge < -0.3 is 20.7 Å². The number of para-hydroxylation sites is 1. The summed E-state index contributed by atoms with van der Waals surface area (Å²) >= 11 is 6.44. The van der Waals surface area contributed by atoms with Gasteiger partial charge in [0.25, 0.3) is 5.91 Å². The summed E-state index contributed by atoms with van der Waals surface area (Å²) in [5.74, 6) is -0.245. The minimum atomic E-state index is -0.467. The van der Waals surface area contributed by atoms with Gasteiger partial charge in [-0.3, -0.25) is 15.6 Å². The number of nitrogens with zero attached hydrogens (tertiary/aromatic N) is 2. The molecular weight excluding hydrogens is 456 g/mol. The Morgan fingerprint density at radius 3 is 2.56 bits per heavy atom. The average Bonchev–Trinajstić information content (AvgIpc) is 2.84. The molecule has 5 N–H and O–H groups in total. The number of ether oxygens (including phenoxy) is 1. The topological polar surface area (TPSA) is 124 Å². The second-order valence-corrected chi connectivity index (χ2v) is 7.88. The van der Waals surface area contributed by atoms with Gasteiger partial charge in [-0.25, -0.2) is 9.80 Å². The highest BCUT2D eigenvalue weighted by atomic mass is 35.5. The molecule has 0 radical (unpaired) electrons. The lowest BCUT2D eigenvalue weighted by molar-refractivity contribution is -0.125. The molecule has 1 fully saturated rings. The minimum absolute atomic E-state index is 0.0113. The maximum Gasteiger partial charge on any atom is 0.345 e. The van der Waals surface area contributed by atoms with Crippen LogP contribution in [0.5, 0.6) is 0 Å². The van der Waals surface area contributed by atoms with Crippen LogP contribution in [-0.4, -0.2) is 37.5 Å². The second kappa shape index (κ2) is 10.2. The highest BCUT2D eigenvalue weighted by Crippen LogP contribution is 2.30. The Morgan fingerprint density at radius 1 is 1.06 bits per heavy atom. The van der Waals surface area contributed by atoms with Crippen molar-refractivity contribution in [3.05, 3.63) is 83.4 Å². The lowest BCUT2D eigenvalue weighted by Gasteiger charge is -2.28. The van der Waals surface area contributed by atoms with Gasteiger partial charge in [0.1, 0.15) is 12.4 Å². The molecule has 1 heterocycles. The number of nitrogens with two attached hydrogens (primary N) is 1. The largest absolute Gasteiger partial charge is 0.384 e. The van der Waals surface area contributed by atoms with Gasteiger partial charge in [0.05, 0.1) is 28.7 Å². The molecule has 3 amide bonds. The fourth-order valence-corrected chi connectivity index (χ4v) is 3.73. The van der Waals surface area contributed by atoms with Crippen LogP contribution in [0.25, 0.3) is 0 Å². The third kappa shape index (κ3) is 5.28. The summed E-state index contributed by atoms with van der Waals surface area (Å²) < 4.78 is 5.16. The number of benzene rings is 3. The summed E-state index contributed by atoms with van der Waals surface area (Å²) in [4.78, 5) is 26.9. The zero-order valence-corrected chi connectivity index (χ0v) is 18.9. The Morgan fingerprint density at radius 2 is 1.85 bits per heavy atom. The van der Waals surface area contributed by atoms with E-state index in [0.717, 1.165) is 0 Å². The standard InChI is InChI=1S/C24H23ClN6O3/c25-20-14-17(9-10-21(20)30-11-12-34-15-22(30)32)28-24(33)31(19-7-2-1-3-8-19)29-18-6-4-5-16(13-18)23(26)27/h1-10,13-14,29H,11-12,15H2,(H3,26,27)(H,28,33). The number of anilines is 4. The molecule has 0 bridgehead atoms. The summed E-state index contributed by atoms with van der Waals surface area (Å²) in [6.07, 6.45) is 0. The van der Waals surface area contributed by atoms with Gasteiger partial charge in [-0.2, -0.15) is 0 Å². The molecule has 0 aromatic heterocycles. The van der Waals surface area contributed by atoms with Crippen LogP contribution in [0.1, 0.15) is 5.56 Å². The van der Waals surface area contributed by atoms with E-state index in [1.807, 2.05) is 18.2 Å². The van der Waals surface area contributed by atoms with E-state index in [1.54, 1.807) is 59.5 Å². The van der Waals surface area contributed by atoms with Crippen molar-refractivity contribution in [3.8, 4) is 0 Å². The van der Waals surface area contributed by atoms with Crippen molar-refractivity contribution in [2.24, 2.45) is 5.73 Å². The molecule has 4 rings (SSSR count). The molecule has 0 saturated carbocycles. The first-order chi connectivity index (χ1) is 16.4. The van der Waals surface area contributed by atoms with Gasteiger partial charge in [0.15, 0.2) is 0 Å². The number of urea groups is 1. The summed E-state index contributed by atoms with van der Waals surface area (Å²) in [5, 5.41) is 12.1. The molecule has 10 heteroatoms. The second-order valence-electron chi connectivity index (χ2n) is 7.47. The van der Waals surface area contributed by atoms with E-state index >= 15 is 0 Å². The average molecular weight is 479 g/mol. The number of nitrogen functional groups attached to an aromatic ring is 1. The zero-order chi connectivity index (χ0) is 24.1. The molecule has 3 aromatic carbocycles. The van der Waals surface area contributed by atoms with Crippen LogP contribution in [-0.2, 0) is 9.53 Å². The van der Waals surface area contributed by atoms with E-state index in [0.29, 0.717) is 46.5 Å². The molecule has 1 aliphatic heterocycles. The van der Waals surface area contributed by atoms with Gasteiger partial charge in [0, 0.05) is 17.8 Å². The molecule has 0 spiro atoms. The Bertz CT molecular complexity index is 1220. The molecule has 3 aromatic rings. The van der Waals surface area contributed by atoms with E-state index in [1.165, 1.54) is 5.01 Å². The van der Waals surface area contributed by atoms with Crippen LogP contribution in [0.4, 0.5) is 27.5 Å². The first kappa shape index (κ1) is 23.1. The highest BCUT2D eigenvalue weighted by Gasteiger charge is 2.23. The van der Waals surface area contributed by atoms with Gasteiger partial charge >= 0.3 is 6.03 Å². The molecule has 1 saturated heterocycles. The molecular formula is C24H23ClN6O3. The van der Waals surface area contributed by atoms with Crippen LogP contribution in [0.3, 0.4) is 0 Å². The van der Waals surface area contributed by atoms with E-state index in [2.05, 4.69) is 10.7 Å². The molecule has 174 valence electrons. The normalized spacial score (nSPS) is 13.3. The predicted octanol–water partition coefficient (Wildman–Crippen LogP) is 4.05. The van der Waals surface area contributed by atoms with Crippen molar-refractivity contribution in [2.75, 3.05) is 40.4 Å². The van der Waals surface area contributed by atoms with Crippen LogP contribution in [0.2, 0.25) is 5.02 Å². The first-order valence-corrected chi connectivity index (χ1v) is 10.8. The summed E-state index contributed by atoms with van der Waals surface area (Å²) in [7, 11) is 0. The van der Waals surface area contributed by atoms with Crippen LogP contribution in [0.15, 0.2) is 72.8 Å². The highest BCUT2D eigenvalue weighted by molar-refractivity contribution is 6.34. The first-order valence-electron chi connectivity index (χ1n) is 10.5. The number of carbonyl (C=O) groups excluding carboxylic acids is 2. The minimum Gasteiger partial charge on any atom is -0.384 e. The van der Waals surface area contributed by atoms with Gasteiger partial charge in [-0.15, -0.1) is 0 Å². The number of nitrogens with one attached hydrogen (secondary N) is 3. The number of carbonyl (C=O) groups is 2. The lowest BCUT2D eigenvalue weighted by atomic mass is 10.2. The number of hydrazine groups is 1. The quantitative estimate of drug-likeness (QED) is 0.242. The van der Waals surface area contributed by atoms with E-state index in [4.69, 9.17) is 27.5 Å². The summed E-state index contributed by atoms with van der Waals surface area (Å²) in [6.45, 7) is 0.857. The molecule has 34 heavy (non-hydrogen) atoms. The summed E-state index contributed by atoms with van der Waals surface area (Å²) in [5.41, 5.74) is 11.4. The van der Waals surface area contributed by atoms with Gasteiger partial charge in [-0.05, 0) is 42.5 Å². The number of amides is 3. The fraction of sp³-hybridized carbons (Fsp3) is 0.125. The number of morpholine rings is 1. The Kier molecular flexibility index (Phi) is 6.95. The third-order valence-electron chi connectivity index (χ3n) is 5.11. The number of halogens is 1. The number of amidine groups is 1. The van der Waals surface area contributed by atoms with Crippen LogP contribution >= 0.6 is 11.6 Å². The monoisotopic (exact) mass is 478 g/mol. The van der Waals surface area contributed by atoms with Gasteiger partial charge in [-0.1, -0.05) is 41.9 Å². The maximum atomic E-state index is 13.2. The SMILES string of the molecule is N=C(N)c1cccc(NN(C(=O)Nc2ccc(N3CCOCC3=O)c(Cl)c2)c2ccccc2)c1. The molecule has 0 unspecified atom stereocenters. The van der Waals surface area contributed by atoms with Crippen LogP contribution in [0, 0.1) is 5.41 Å². The Balaban J connectivity index is 1.56. The number of hydrogen-bond acceptors (Lipinski definition) is 5. The molecule has 0 aliphatic carbocycles. The van der Waals surface area contributed by atoms with Crippen molar-refractivity contribution in [2.45, 2.75) is 0 Å². The number of rotatable bonds is 6. The van der Waals surface area contributed by atoms with Crippen molar-refractivity contribution >= 4 is 52.1 Å². The maximum absolute atomic E-state index is 13.2. The van der Waals surface area contributed by atoms with Crippen LogP contribution < -0.4 is 26.4 Å². The predicted molar refractivity (Wildman–Crippen MR) is 134 cm³/mol. The number of hydrogen-bond donors (Lipinski definition) is 4. The van der Waals surface area contributed by atoms with Gasteiger partial charge in [0.2, 0.25) is 0 Å². The van der Waals surface area contributed by atoms with Crippen molar-refractivity contribution in [1.29, 1.82) is 5.41 Å². The van der Waals surface area contributed by atoms with E-state index in [9.17, 15) is 9.59 Å². The fourth-order valence-electron chi connectivity index (χ4n) is 3.45. The Hall–Kier alpha value is -4.08. The zero-order valence-electron chi connectivity index (χ0n) is 18.1.